The number of esters is 1. The number of fused-ring (bicyclic) bond motifs is 5. The molecule has 0 radical (unpaired) electrons. The molecular formula is C38H49N5O8S. The summed E-state index contributed by atoms with van der Waals surface area (Å²) in [4.78, 5) is 42.6. The van der Waals surface area contributed by atoms with Gasteiger partial charge < -0.3 is 23.7 Å². The third-order valence-corrected chi connectivity index (χ3v) is 11.0. The molecule has 52 heavy (non-hydrogen) atoms. The average molecular weight is 736 g/mol. The van der Waals surface area contributed by atoms with Crippen LogP contribution in [-0.2, 0) is 31.0 Å². The van der Waals surface area contributed by atoms with E-state index in [0.29, 0.717) is 44.0 Å². The van der Waals surface area contributed by atoms with E-state index in [2.05, 4.69) is 14.0 Å². The minimum Gasteiger partial charge on any atom is -0.497 e. The fourth-order valence-corrected chi connectivity index (χ4v) is 8.27. The minimum absolute atomic E-state index is 0.0812. The Morgan fingerprint density at radius 2 is 1.67 bits per heavy atom. The number of nitrogens with zero attached hydrogens (tertiary/aromatic N) is 3. The van der Waals surface area contributed by atoms with Gasteiger partial charge in [-0.3, -0.25) is 9.69 Å². The van der Waals surface area contributed by atoms with Crippen LogP contribution in [0.3, 0.4) is 0 Å². The Hall–Kier alpha value is -4.40. The van der Waals surface area contributed by atoms with E-state index in [1.807, 2.05) is 56.0 Å². The number of aromatic nitrogens is 1. The highest BCUT2D eigenvalue weighted by molar-refractivity contribution is 7.88. The number of piperazine rings is 1. The lowest BCUT2D eigenvalue weighted by Crippen LogP contribution is -2.51. The van der Waals surface area contributed by atoms with Gasteiger partial charge in [0.2, 0.25) is 0 Å². The van der Waals surface area contributed by atoms with Crippen molar-refractivity contribution in [1.29, 1.82) is 0 Å². The van der Waals surface area contributed by atoms with Crippen LogP contribution in [0.15, 0.2) is 42.0 Å². The number of methoxy groups -OCH3 is 2. The first-order valence-electron chi connectivity index (χ1n) is 17.9. The van der Waals surface area contributed by atoms with E-state index >= 15 is 0 Å². The lowest BCUT2D eigenvalue weighted by Gasteiger charge is -2.35. The summed E-state index contributed by atoms with van der Waals surface area (Å²) in [6.45, 7) is 8.26. The van der Waals surface area contributed by atoms with E-state index in [9.17, 15) is 22.8 Å². The molecule has 2 fully saturated rings. The molecule has 3 aromatic rings. The van der Waals surface area contributed by atoms with Crippen LogP contribution >= 0.6 is 0 Å². The number of benzene rings is 2. The number of carbonyl (C=O) groups excluding carboxylic acids is 3. The zero-order chi connectivity index (χ0) is 37.2. The second-order valence-electron chi connectivity index (χ2n) is 14.7. The maximum atomic E-state index is 13.5. The predicted octanol–water partition coefficient (Wildman–Crippen LogP) is 5.05. The van der Waals surface area contributed by atoms with Gasteiger partial charge in [-0.05, 0) is 87.1 Å². The van der Waals surface area contributed by atoms with Crippen molar-refractivity contribution in [3.05, 3.63) is 58.7 Å². The summed E-state index contributed by atoms with van der Waals surface area (Å²) in [5.41, 5.74) is 4.71. The first kappa shape index (κ1) is 37.4. The van der Waals surface area contributed by atoms with Gasteiger partial charge in [0.15, 0.2) is 0 Å². The van der Waals surface area contributed by atoms with Crippen LogP contribution in [0.4, 0.5) is 4.79 Å². The summed E-state index contributed by atoms with van der Waals surface area (Å²) in [7, 11) is -1.22. The molecule has 1 aliphatic carbocycles. The third kappa shape index (κ3) is 8.29. The zero-order valence-corrected chi connectivity index (χ0v) is 31.4. The molecule has 3 heterocycles. The maximum Gasteiger partial charge on any atom is 0.410 e. The highest BCUT2D eigenvalue weighted by Crippen LogP contribution is 2.47. The summed E-state index contributed by atoms with van der Waals surface area (Å²) in [6.07, 6.45) is 6.95. The van der Waals surface area contributed by atoms with Crippen molar-refractivity contribution in [3.8, 4) is 17.0 Å². The van der Waals surface area contributed by atoms with Crippen molar-refractivity contribution in [2.45, 2.75) is 70.9 Å². The highest BCUT2D eigenvalue weighted by atomic mass is 32.2. The number of nitrogens with one attached hydrogen (secondary N) is 2. The molecule has 1 saturated heterocycles. The van der Waals surface area contributed by atoms with Gasteiger partial charge in [0.1, 0.15) is 11.4 Å². The van der Waals surface area contributed by atoms with Gasteiger partial charge in [-0.25, -0.2) is 14.3 Å². The fourth-order valence-electron chi connectivity index (χ4n) is 7.47. The van der Waals surface area contributed by atoms with E-state index in [1.54, 1.807) is 24.1 Å². The summed E-state index contributed by atoms with van der Waals surface area (Å²) in [5, 5.41) is 0.971. The molecule has 6 rings (SSSR count). The number of hydrogen-bond donors (Lipinski definition) is 2. The maximum absolute atomic E-state index is 13.5. The molecule has 1 aromatic heterocycles. The van der Waals surface area contributed by atoms with Gasteiger partial charge in [0, 0.05) is 61.3 Å². The van der Waals surface area contributed by atoms with Gasteiger partial charge in [0.05, 0.1) is 32.0 Å². The lowest BCUT2D eigenvalue weighted by molar-refractivity contribution is -0.136. The van der Waals surface area contributed by atoms with E-state index in [0.717, 1.165) is 53.4 Å². The monoisotopic (exact) mass is 735 g/mol. The van der Waals surface area contributed by atoms with Gasteiger partial charge in [-0.15, -0.1) is 0 Å². The largest absolute Gasteiger partial charge is 0.497 e. The Morgan fingerprint density at radius 1 is 0.942 bits per heavy atom. The Balaban J connectivity index is 1.22. The van der Waals surface area contributed by atoms with Gasteiger partial charge in [-0.2, -0.15) is 13.1 Å². The van der Waals surface area contributed by atoms with Crippen molar-refractivity contribution in [2.75, 3.05) is 53.5 Å². The number of carbonyl (C=O) groups is 3. The number of amides is 2. The summed E-state index contributed by atoms with van der Waals surface area (Å²) >= 11 is 0. The number of ether oxygens (including phenoxy) is 3. The van der Waals surface area contributed by atoms with E-state index in [-0.39, 0.29) is 30.7 Å². The zero-order valence-electron chi connectivity index (χ0n) is 30.6. The van der Waals surface area contributed by atoms with Crippen LogP contribution in [0.1, 0.15) is 80.3 Å². The van der Waals surface area contributed by atoms with E-state index in [1.165, 1.54) is 19.1 Å². The van der Waals surface area contributed by atoms with Crippen molar-refractivity contribution < 1.29 is 37.0 Å². The van der Waals surface area contributed by atoms with E-state index in [4.69, 9.17) is 14.2 Å². The van der Waals surface area contributed by atoms with Gasteiger partial charge >= 0.3 is 22.3 Å². The molecule has 0 atom stereocenters. The fraction of sp³-hybridized carbons (Fsp3) is 0.500. The Kier molecular flexibility index (Phi) is 11.0. The van der Waals surface area contributed by atoms with Crippen LogP contribution in [-0.4, -0.2) is 99.8 Å². The molecule has 13 nitrogen and oxygen atoms in total. The number of hydrogen-bond acceptors (Lipinski definition) is 9. The molecular weight excluding hydrogens is 687 g/mol. The molecule has 0 unspecified atom stereocenters. The molecule has 280 valence electrons. The summed E-state index contributed by atoms with van der Waals surface area (Å²) in [6, 6.07) is 11.1. The molecule has 2 amide bonds. The lowest BCUT2D eigenvalue weighted by atomic mass is 9.81. The molecule has 3 aliphatic rings. The smallest absolute Gasteiger partial charge is 0.410 e. The normalized spacial score (nSPS) is 17.1. The second-order valence-corrected chi connectivity index (χ2v) is 16.2. The first-order valence-corrected chi connectivity index (χ1v) is 19.4. The van der Waals surface area contributed by atoms with Crippen LogP contribution in [0.2, 0.25) is 0 Å². The molecule has 0 bridgehead atoms. The van der Waals surface area contributed by atoms with Crippen molar-refractivity contribution in [3.63, 3.8) is 0 Å². The Morgan fingerprint density at radius 3 is 2.35 bits per heavy atom. The predicted molar refractivity (Wildman–Crippen MR) is 198 cm³/mol. The molecule has 2 aromatic carbocycles. The standard InChI is InChI=1S/C38H49N5O8S/c1-38(2,3)51-37(46)42-19-17-41(18-20-42)16-15-39-52(47,48)40-35(44)26-11-13-31-32(23-26)43-24-28(36(45)50-5)21-27-22-29(49-4)12-14-30(27)34(43)33(31)25-9-7-6-8-10-25/h11-14,21-23,25,39H,6-10,15-20,24H2,1-5H3,(H,40,44). The highest BCUT2D eigenvalue weighted by Gasteiger charge is 2.31. The molecule has 1 saturated carbocycles. The van der Waals surface area contributed by atoms with Crippen LogP contribution in [0.25, 0.3) is 28.2 Å². The second kappa shape index (κ2) is 15.3. The third-order valence-electron chi connectivity index (χ3n) is 9.97. The quantitative estimate of drug-likeness (QED) is 0.288. The Labute approximate surface area is 305 Å². The first-order chi connectivity index (χ1) is 24.8. The Bertz CT molecular complexity index is 1980. The van der Waals surface area contributed by atoms with Crippen molar-refractivity contribution in [1.82, 2.24) is 23.8 Å². The number of rotatable bonds is 9. The molecule has 0 spiro atoms. The van der Waals surface area contributed by atoms with Crippen molar-refractivity contribution in [2.24, 2.45) is 0 Å². The SMILES string of the molecule is COC(=O)C1=Cc2cc(OC)ccc2-c2c(C3CCCCC3)c3ccc(C(=O)NS(=O)(=O)NCCN4CCN(C(=O)OC(C)(C)C)CC4)cc3n2C1. The summed E-state index contributed by atoms with van der Waals surface area (Å²) in [5.74, 6) is -0.277. The average Bonchev–Trinajstić information content (AvgIpc) is 3.33. The van der Waals surface area contributed by atoms with E-state index < -0.39 is 27.7 Å². The molecule has 14 heteroatoms. The topological polar surface area (TPSA) is 149 Å². The molecule has 2 N–H and O–H groups in total. The summed E-state index contributed by atoms with van der Waals surface area (Å²) < 4.78 is 48.9. The van der Waals surface area contributed by atoms with Gasteiger partial charge in [0.25, 0.3) is 5.91 Å². The van der Waals surface area contributed by atoms with Crippen LogP contribution in [0, 0.1) is 0 Å². The van der Waals surface area contributed by atoms with Crippen molar-refractivity contribution >= 4 is 45.2 Å². The minimum atomic E-state index is -4.18. The van der Waals surface area contributed by atoms with Crippen LogP contribution in [0.5, 0.6) is 5.75 Å². The van der Waals surface area contributed by atoms with Crippen LogP contribution < -0.4 is 14.2 Å². The van der Waals surface area contributed by atoms with Gasteiger partial charge in [-0.1, -0.05) is 25.3 Å². The molecule has 2 aliphatic heterocycles.